The van der Waals surface area contributed by atoms with Crippen LogP contribution in [0.2, 0.25) is 0 Å². The number of carbonyl (C=O) groups is 2. The number of anilines is 1. The Morgan fingerprint density at radius 2 is 2.11 bits per heavy atom. The second kappa shape index (κ2) is 5.61. The van der Waals surface area contributed by atoms with Crippen LogP contribution in [0.25, 0.3) is 0 Å². The predicted octanol–water partition coefficient (Wildman–Crippen LogP) is 0.881. The molecule has 1 heterocycles. The first-order chi connectivity index (χ1) is 8.65. The molecule has 2 N–H and O–H groups in total. The fourth-order valence-corrected chi connectivity index (χ4v) is 2.16. The molecule has 1 amide bonds. The molecule has 1 aliphatic rings. The molecular weight excluding hydrogens is 236 g/mol. The van der Waals surface area contributed by atoms with Gasteiger partial charge in [-0.3, -0.25) is 9.59 Å². The van der Waals surface area contributed by atoms with E-state index in [0.717, 1.165) is 25.7 Å². The van der Waals surface area contributed by atoms with E-state index < -0.39 is 5.97 Å². The van der Waals surface area contributed by atoms with Crippen LogP contribution in [-0.2, 0) is 16.1 Å². The van der Waals surface area contributed by atoms with Crippen molar-refractivity contribution in [3.63, 3.8) is 0 Å². The molecule has 1 aromatic rings. The lowest BCUT2D eigenvalue weighted by atomic mass is 9.89. The monoisotopic (exact) mass is 252 g/mol. The highest BCUT2D eigenvalue weighted by Gasteiger charge is 2.21. The largest absolute Gasteiger partial charge is 0.480 e. The summed E-state index contributed by atoms with van der Waals surface area (Å²) in [6.45, 7) is -0.258. The minimum atomic E-state index is -0.995. The minimum absolute atomic E-state index is 0.0444. The van der Waals surface area contributed by atoms with Crippen LogP contribution in [0.3, 0.4) is 0 Å². The molecule has 18 heavy (non-hydrogen) atoms. The zero-order valence-electron chi connectivity index (χ0n) is 10.0. The van der Waals surface area contributed by atoms with Gasteiger partial charge in [0, 0.05) is 5.92 Å². The fourth-order valence-electron chi connectivity index (χ4n) is 2.16. The van der Waals surface area contributed by atoms with Crippen molar-refractivity contribution in [1.82, 2.24) is 15.0 Å². The van der Waals surface area contributed by atoms with E-state index >= 15 is 0 Å². The number of carboxylic acid groups (broad SMARTS) is 1. The van der Waals surface area contributed by atoms with Crippen molar-refractivity contribution in [2.24, 2.45) is 5.92 Å². The van der Waals surface area contributed by atoms with Crippen LogP contribution in [0.5, 0.6) is 0 Å². The molecule has 0 atom stereocenters. The molecule has 1 fully saturated rings. The van der Waals surface area contributed by atoms with Gasteiger partial charge in [0.15, 0.2) is 5.82 Å². The summed E-state index contributed by atoms with van der Waals surface area (Å²) < 4.78 is 1.18. The lowest BCUT2D eigenvalue weighted by molar-refractivity contribution is -0.137. The Morgan fingerprint density at radius 1 is 1.39 bits per heavy atom. The van der Waals surface area contributed by atoms with Gasteiger partial charge in [-0.15, -0.1) is 5.10 Å². The third-order valence-electron chi connectivity index (χ3n) is 3.06. The molecule has 0 saturated heterocycles. The second-order valence-corrected chi connectivity index (χ2v) is 4.52. The maximum absolute atomic E-state index is 11.9. The average molecular weight is 252 g/mol. The van der Waals surface area contributed by atoms with Crippen molar-refractivity contribution >= 4 is 17.7 Å². The lowest BCUT2D eigenvalue weighted by Gasteiger charge is -2.19. The maximum Gasteiger partial charge on any atom is 0.325 e. The summed E-state index contributed by atoms with van der Waals surface area (Å²) in [5.74, 6) is -0.683. The van der Waals surface area contributed by atoms with Crippen LogP contribution < -0.4 is 5.32 Å². The van der Waals surface area contributed by atoms with Crippen molar-refractivity contribution in [3.05, 3.63) is 6.20 Å². The molecule has 2 rings (SSSR count). The standard InChI is InChI=1S/C11H16N4O3/c16-10(17)7-15-6-9(13-14-15)12-11(18)8-4-2-1-3-5-8/h6,8H,1-5,7H2,(H,12,18)(H,16,17). The minimum Gasteiger partial charge on any atom is -0.480 e. The first-order valence-corrected chi connectivity index (χ1v) is 6.08. The molecule has 0 bridgehead atoms. The average Bonchev–Trinajstić information content (AvgIpc) is 2.76. The molecular formula is C11H16N4O3. The molecule has 0 unspecified atom stereocenters. The van der Waals surface area contributed by atoms with Gasteiger partial charge in [-0.25, -0.2) is 4.68 Å². The Hall–Kier alpha value is -1.92. The van der Waals surface area contributed by atoms with Crippen LogP contribution in [0, 0.1) is 5.92 Å². The van der Waals surface area contributed by atoms with Crippen LogP contribution in [0.15, 0.2) is 6.20 Å². The van der Waals surface area contributed by atoms with Crippen molar-refractivity contribution < 1.29 is 14.7 Å². The third kappa shape index (κ3) is 3.28. The second-order valence-electron chi connectivity index (χ2n) is 4.52. The molecule has 0 spiro atoms. The van der Waals surface area contributed by atoms with Gasteiger partial charge in [-0.2, -0.15) is 0 Å². The number of nitrogens with one attached hydrogen (secondary N) is 1. The Balaban J connectivity index is 1.90. The molecule has 1 aliphatic carbocycles. The SMILES string of the molecule is O=C(O)Cn1cc(NC(=O)C2CCCCC2)nn1. The van der Waals surface area contributed by atoms with E-state index in [0.29, 0.717) is 5.82 Å². The van der Waals surface area contributed by atoms with Crippen LogP contribution in [-0.4, -0.2) is 32.0 Å². The van der Waals surface area contributed by atoms with Crippen LogP contribution in [0.1, 0.15) is 32.1 Å². The Labute approximate surface area is 104 Å². The van der Waals surface area contributed by atoms with Gasteiger partial charge in [-0.1, -0.05) is 24.5 Å². The number of hydrogen-bond donors (Lipinski definition) is 2. The van der Waals surface area contributed by atoms with Crippen molar-refractivity contribution in [2.45, 2.75) is 38.6 Å². The molecule has 98 valence electrons. The molecule has 0 aromatic carbocycles. The molecule has 7 heteroatoms. The first-order valence-electron chi connectivity index (χ1n) is 6.08. The van der Waals surface area contributed by atoms with Gasteiger partial charge in [-0.05, 0) is 12.8 Å². The summed E-state index contributed by atoms with van der Waals surface area (Å²) in [7, 11) is 0. The van der Waals surface area contributed by atoms with E-state index in [1.54, 1.807) is 0 Å². The number of amides is 1. The summed E-state index contributed by atoms with van der Waals surface area (Å²) in [6.07, 6.45) is 6.62. The Bertz CT molecular complexity index is 437. The summed E-state index contributed by atoms with van der Waals surface area (Å²) >= 11 is 0. The fraction of sp³-hybridized carbons (Fsp3) is 0.636. The smallest absolute Gasteiger partial charge is 0.325 e. The van der Waals surface area contributed by atoms with Gasteiger partial charge in [0.25, 0.3) is 0 Å². The number of aromatic nitrogens is 3. The maximum atomic E-state index is 11.9. The lowest BCUT2D eigenvalue weighted by Crippen LogP contribution is -2.24. The van der Waals surface area contributed by atoms with Gasteiger partial charge >= 0.3 is 5.97 Å². The van der Waals surface area contributed by atoms with E-state index in [4.69, 9.17) is 5.11 Å². The summed E-state index contributed by atoms with van der Waals surface area (Å²) in [5, 5.41) is 18.6. The van der Waals surface area contributed by atoms with E-state index in [1.807, 2.05) is 0 Å². The van der Waals surface area contributed by atoms with E-state index in [1.165, 1.54) is 17.3 Å². The third-order valence-corrected chi connectivity index (χ3v) is 3.06. The Morgan fingerprint density at radius 3 is 2.78 bits per heavy atom. The first kappa shape index (κ1) is 12.5. The number of rotatable bonds is 4. The summed E-state index contributed by atoms with van der Waals surface area (Å²) in [5.41, 5.74) is 0. The molecule has 7 nitrogen and oxygen atoms in total. The zero-order valence-corrected chi connectivity index (χ0v) is 10.0. The van der Waals surface area contributed by atoms with Crippen molar-refractivity contribution in [2.75, 3.05) is 5.32 Å². The number of carbonyl (C=O) groups excluding carboxylic acids is 1. The van der Waals surface area contributed by atoms with Crippen molar-refractivity contribution in [1.29, 1.82) is 0 Å². The van der Waals surface area contributed by atoms with E-state index in [-0.39, 0.29) is 18.4 Å². The number of aliphatic carboxylic acids is 1. The normalized spacial score (nSPS) is 16.4. The van der Waals surface area contributed by atoms with Gasteiger partial charge in [0.2, 0.25) is 5.91 Å². The van der Waals surface area contributed by atoms with Gasteiger partial charge < -0.3 is 10.4 Å². The highest BCUT2D eigenvalue weighted by atomic mass is 16.4. The molecule has 0 aliphatic heterocycles. The van der Waals surface area contributed by atoms with Crippen LogP contribution >= 0.6 is 0 Å². The zero-order chi connectivity index (χ0) is 13.0. The molecule has 0 radical (unpaired) electrons. The number of nitrogens with zero attached hydrogens (tertiary/aromatic N) is 3. The van der Waals surface area contributed by atoms with E-state index in [2.05, 4.69) is 15.6 Å². The molecule has 1 saturated carbocycles. The van der Waals surface area contributed by atoms with Gasteiger partial charge in [0.05, 0.1) is 6.20 Å². The highest BCUT2D eigenvalue weighted by molar-refractivity contribution is 5.91. The van der Waals surface area contributed by atoms with Gasteiger partial charge in [0.1, 0.15) is 6.54 Å². The Kier molecular flexibility index (Phi) is 3.91. The summed E-state index contributed by atoms with van der Waals surface area (Å²) in [4.78, 5) is 22.4. The topological polar surface area (TPSA) is 97.1 Å². The number of hydrogen-bond acceptors (Lipinski definition) is 4. The highest BCUT2D eigenvalue weighted by Crippen LogP contribution is 2.24. The predicted molar refractivity (Wildman–Crippen MR) is 62.9 cm³/mol. The van der Waals surface area contributed by atoms with Crippen LogP contribution in [0.4, 0.5) is 5.82 Å². The summed E-state index contributed by atoms with van der Waals surface area (Å²) in [6, 6.07) is 0. The quantitative estimate of drug-likeness (QED) is 0.829. The van der Waals surface area contributed by atoms with E-state index in [9.17, 15) is 9.59 Å². The number of carboxylic acids is 1. The molecule has 1 aromatic heterocycles. The van der Waals surface area contributed by atoms with Crippen molar-refractivity contribution in [3.8, 4) is 0 Å².